The van der Waals surface area contributed by atoms with E-state index in [2.05, 4.69) is 22.0 Å². The van der Waals surface area contributed by atoms with E-state index in [1.54, 1.807) is 6.07 Å². The minimum Gasteiger partial charge on any atom is -0.377 e. The lowest BCUT2D eigenvalue weighted by molar-refractivity contribution is -0.121. The molecule has 1 aromatic carbocycles. The van der Waals surface area contributed by atoms with Gasteiger partial charge >= 0.3 is 0 Å². The molecular formula is C12H12BrN3O2. The van der Waals surface area contributed by atoms with E-state index < -0.39 is 11.9 Å². The number of nitrogens with two attached hydrogens (primary N) is 1. The third-order valence-electron chi connectivity index (χ3n) is 2.86. The lowest BCUT2D eigenvalue weighted by Gasteiger charge is -2.35. The van der Waals surface area contributed by atoms with Crippen molar-refractivity contribution in [3.8, 4) is 6.07 Å². The van der Waals surface area contributed by atoms with Crippen LogP contribution in [-0.2, 0) is 9.53 Å². The number of hydrogen-bond donors (Lipinski definition) is 1. The summed E-state index contributed by atoms with van der Waals surface area (Å²) in [6, 6.07) is 6.96. The number of benzene rings is 1. The lowest BCUT2D eigenvalue weighted by atomic mass is 10.1. The molecule has 1 saturated heterocycles. The molecule has 0 aromatic heterocycles. The summed E-state index contributed by atoms with van der Waals surface area (Å²) in [5.41, 5.74) is 6.78. The molecule has 0 bridgehead atoms. The normalized spacial score (nSPS) is 19.3. The van der Waals surface area contributed by atoms with Gasteiger partial charge in [-0.1, -0.05) is 0 Å². The van der Waals surface area contributed by atoms with Gasteiger partial charge in [-0.25, -0.2) is 0 Å². The molecule has 0 saturated carbocycles. The molecule has 6 heteroatoms. The maximum Gasteiger partial charge on any atom is 0.242 e. The van der Waals surface area contributed by atoms with Gasteiger partial charge in [0.05, 0.1) is 18.8 Å². The van der Waals surface area contributed by atoms with Crippen LogP contribution in [0.25, 0.3) is 0 Å². The SMILES string of the molecule is N#Cc1ccc(N2CCOCC2C(N)=O)cc1Br. The molecule has 1 heterocycles. The number of hydrogen-bond acceptors (Lipinski definition) is 4. The quantitative estimate of drug-likeness (QED) is 0.884. The second-order valence-electron chi connectivity index (χ2n) is 3.96. The fourth-order valence-electron chi connectivity index (χ4n) is 1.92. The summed E-state index contributed by atoms with van der Waals surface area (Å²) in [6.45, 7) is 1.46. The summed E-state index contributed by atoms with van der Waals surface area (Å²) in [6.07, 6.45) is 0. The van der Waals surface area contributed by atoms with E-state index in [0.29, 0.717) is 29.8 Å². The van der Waals surface area contributed by atoms with Crippen LogP contribution in [0.2, 0.25) is 0 Å². The van der Waals surface area contributed by atoms with Gasteiger partial charge in [0, 0.05) is 16.7 Å². The smallest absolute Gasteiger partial charge is 0.242 e. The van der Waals surface area contributed by atoms with Crippen LogP contribution in [0.15, 0.2) is 22.7 Å². The number of carbonyl (C=O) groups excluding carboxylic acids is 1. The molecule has 1 aromatic rings. The number of rotatable bonds is 2. The Morgan fingerprint density at radius 3 is 3.00 bits per heavy atom. The second kappa shape index (κ2) is 5.38. The van der Waals surface area contributed by atoms with Gasteiger partial charge in [-0.2, -0.15) is 5.26 Å². The molecule has 1 aliphatic heterocycles. The predicted molar refractivity (Wildman–Crippen MR) is 70.0 cm³/mol. The standard InChI is InChI=1S/C12H12BrN3O2/c13-10-5-9(2-1-8(10)6-14)16-3-4-18-7-11(16)12(15)17/h1-2,5,11H,3-4,7H2,(H2,15,17). The van der Waals surface area contributed by atoms with Crippen molar-refractivity contribution in [2.45, 2.75) is 6.04 Å². The fourth-order valence-corrected chi connectivity index (χ4v) is 2.38. The Morgan fingerprint density at radius 1 is 1.61 bits per heavy atom. The average Bonchev–Trinajstić information content (AvgIpc) is 2.38. The first-order chi connectivity index (χ1) is 8.63. The second-order valence-corrected chi connectivity index (χ2v) is 4.82. The number of carbonyl (C=O) groups is 1. The van der Waals surface area contributed by atoms with E-state index in [0.717, 1.165) is 5.69 Å². The molecule has 5 nitrogen and oxygen atoms in total. The van der Waals surface area contributed by atoms with Gasteiger partial charge in [0.1, 0.15) is 12.1 Å². The van der Waals surface area contributed by atoms with Gasteiger partial charge in [-0.3, -0.25) is 4.79 Å². The highest BCUT2D eigenvalue weighted by atomic mass is 79.9. The minimum atomic E-state index is -0.460. The van der Waals surface area contributed by atoms with Crippen molar-refractivity contribution in [3.05, 3.63) is 28.2 Å². The maximum atomic E-state index is 11.4. The van der Waals surface area contributed by atoms with Crippen molar-refractivity contribution in [2.75, 3.05) is 24.7 Å². The van der Waals surface area contributed by atoms with Crippen molar-refractivity contribution in [1.82, 2.24) is 0 Å². The molecular weight excluding hydrogens is 298 g/mol. The number of nitrogens with zero attached hydrogens (tertiary/aromatic N) is 2. The van der Waals surface area contributed by atoms with Crippen LogP contribution in [0, 0.1) is 11.3 Å². The Hall–Kier alpha value is -1.58. The number of amides is 1. The van der Waals surface area contributed by atoms with E-state index >= 15 is 0 Å². The van der Waals surface area contributed by atoms with Crippen LogP contribution in [0.1, 0.15) is 5.56 Å². The number of primary amides is 1. The van der Waals surface area contributed by atoms with Gasteiger partial charge in [-0.05, 0) is 34.1 Å². The summed E-state index contributed by atoms with van der Waals surface area (Å²) in [7, 11) is 0. The first-order valence-corrected chi connectivity index (χ1v) is 6.26. The molecule has 1 fully saturated rings. The van der Waals surface area contributed by atoms with E-state index in [9.17, 15) is 4.79 Å². The van der Waals surface area contributed by atoms with E-state index in [4.69, 9.17) is 15.7 Å². The zero-order chi connectivity index (χ0) is 13.1. The van der Waals surface area contributed by atoms with Crippen molar-refractivity contribution < 1.29 is 9.53 Å². The van der Waals surface area contributed by atoms with Crippen LogP contribution in [0.3, 0.4) is 0 Å². The van der Waals surface area contributed by atoms with E-state index in [1.807, 2.05) is 17.0 Å². The van der Waals surface area contributed by atoms with Gasteiger partial charge in [0.15, 0.2) is 0 Å². The monoisotopic (exact) mass is 309 g/mol. The zero-order valence-electron chi connectivity index (χ0n) is 9.60. The molecule has 0 radical (unpaired) electrons. The van der Waals surface area contributed by atoms with Crippen LogP contribution >= 0.6 is 15.9 Å². The average molecular weight is 310 g/mol. The number of anilines is 1. The third kappa shape index (κ3) is 2.47. The summed E-state index contributed by atoms with van der Waals surface area (Å²) in [4.78, 5) is 13.3. The van der Waals surface area contributed by atoms with Crippen molar-refractivity contribution in [3.63, 3.8) is 0 Å². The van der Waals surface area contributed by atoms with Crippen molar-refractivity contribution in [1.29, 1.82) is 5.26 Å². The van der Waals surface area contributed by atoms with Gasteiger partial charge < -0.3 is 15.4 Å². The lowest BCUT2D eigenvalue weighted by Crippen LogP contribution is -2.52. The van der Waals surface area contributed by atoms with Crippen LogP contribution in [0.4, 0.5) is 5.69 Å². The van der Waals surface area contributed by atoms with Crippen LogP contribution in [0.5, 0.6) is 0 Å². The third-order valence-corrected chi connectivity index (χ3v) is 3.52. The number of ether oxygens (including phenoxy) is 1. The summed E-state index contributed by atoms with van der Waals surface area (Å²) >= 11 is 3.33. The Balaban J connectivity index is 2.32. The topological polar surface area (TPSA) is 79.3 Å². The molecule has 18 heavy (non-hydrogen) atoms. The first-order valence-electron chi connectivity index (χ1n) is 5.47. The molecule has 1 amide bonds. The zero-order valence-corrected chi connectivity index (χ0v) is 11.2. The van der Waals surface area contributed by atoms with Gasteiger partial charge in [0.25, 0.3) is 0 Å². The Kier molecular flexibility index (Phi) is 3.84. The summed E-state index contributed by atoms with van der Waals surface area (Å²) in [5, 5.41) is 8.87. The number of halogens is 1. The fraction of sp³-hybridized carbons (Fsp3) is 0.333. The van der Waals surface area contributed by atoms with Crippen LogP contribution < -0.4 is 10.6 Å². The molecule has 1 aliphatic rings. The number of morpholine rings is 1. The highest BCUT2D eigenvalue weighted by molar-refractivity contribution is 9.10. The molecule has 2 rings (SSSR count). The van der Waals surface area contributed by atoms with Crippen molar-refractivity contribution in [2.24, 2.45) is 5.73 Å². The highest BCUT2D eigenvalue weighted by Crippen LogP contribution is 2.26. The Labute approximate surface area is 113 Å². The van der Waals surface area contributed by atoms with Gasteiger partial charge in [-0.15, -0.1) is 0 Å². The largest absolute Gasteiger partial charge is 0.377 e. The van der Waals surface area contributed by atoms with E-state index in [1.165, 1.54) is 0 Å². The molecule has 0 aliphatic carbocycles. The number of nitriles is 1. The maximum absolute atomic E-state index is 11.4. The molecule has 94 valence electrons. The summed E-state index contributed by atoms with van der Waals surface area (Å²) < 4.78 is 5.97. The Bertz CT molecular complexity index is 513. The first kappa shape index (κ1) is 12.9. The molecule has 0 spiro atoms. The highest BCUT2D eigenvalue weighted by Gasteiger charge is 2.28. The minimum absolute atomic E-state index is 0.299. The molecule has 1 unspecified atom stereocenters. The van der Waals surface area contributed by atoms with Gasteiger partial charge in [0.2, 0.25) is 5.91 Å². The Morgan fingerprint density at radius 2 is 2.39 bits per heavy atom. The predicted octanol–water partition coefficient (Wildman–Crippen LogP) is 1.01. The molecule has 1 atom stereocenters. The van der Waals surface area contributed by atoms with E-state index in [-0.39, 0.29) is 0 Å². The van der Waals surface area contributed by atoms with Crippen LogP contribution in [-0.4, -0.2) is 31.7 Å². The summed E-state index contributed by atoms with van der Waals surface area (Å²) in [5.74, 6) is -0.407. The van der Waals surface area contributed by atoms with Crippen molar-refractivity contribution >= 4 is 27.5 Å². The molecule has 2 N–H and O–H groups in total.